The van der Waals surface area contributed by atoms with Crippen LogP contribution >= 0.6 is 11.6 Å². The molecule has 0 bridgehead atoms. The van der Waals surface area contributed by atoms with Crippen LogP contribution in [0.25, 0.3) is 16.7 Å². The average molecular weight is 456 g/mol. The van der Waals surface area contributed by atoms with Gasteiger partial charge in [-0.05, 0) is 12.1 Å². The molecule has 4 rings (SSSR count). The molecule has 3 aromatic rings. The summed E-state index contributed by atoms with van der Waals surface area (Å²) in [6.45, 7) is -0.334. The van der Waals surface area contributed by atoms with E-state index in [0.717, 1.165) is 22.9 Å². The zero-order chi connectivity index (χ0) is 22.6. The molecular formula is C19H13ClF3N3O5. The van der Waals surface area contributed by atoms with Gasteiger partial charge in [0.1, 0.15) is 17.1 Å². The number of halogens is 4. The van der Waals surface area contributed by atoms with Gasteiger partial charge >= 0.3 is 5.97 Å². The monoisotopic (exact) mass is 455 g/mol. The van der Waals surface area contributed by atoms with E-state index in [1.807, 2.05) is 0 Å². The van der Waals surface area contributed by atoms with Gasteiger partial charge in [0.05, 0.1) is 22.6 Å². The molecule has 3 N–H and O–H groups in total. The summed E-state index contributed by atoms with van der Waals surface area (Å²) in [6, 6.07) is 2.01. The van der Waals surface area contributed by atoms with Crippen LogP contribution in [0.2, 0.25) is 5.02 Å². The Labute approximate surface area is 176 Å². The highest BCUT2D eigenvalue weighted by Crippen LogP contribution is 2.30. The zero-order valence-electron chi connectivity index (χ0n) is 15.4. The lowest BCUT2D eigenvalue weighted by Gasteiger charge is -2.20. The number of aliphatic hydroxyl groups is 2. The Morgan fingerprint density at radius 1 is 1.10 bits per heavy atom. The lowest BCUT2D eigenvalue weighted by Crippen LogP contribution is -2.25. The van der Waals surface area contributed by atoms with Gasteiger partial charge in [-0.15, -0.1) is 0 Å². The number of aromatic carboxylic acids is 1. The molecule has 0 spiro atoms. The Hall–Kier alpha value is -3.15. The third kappa shape index (κ3) is 3.50. The van der Waals surface area contributed by atoms with Crippen LogP contribution in [0.5, 0.6) is 0 Å². The predicted molar refractivity (Wildman–Crippen MR) is 103 cm³/mol. The molecule has 1 fully saturated rings. The number of aliphatic hydroxyl groups excluding tert-OH is 2. The molecule has 2 aromatic heterocycles. The topological polar surface area (TPSA) is 116 Å². The summed E-state index contributed by atoms with van der Waals surface area (Å²) in [4.78, 5) is 29.4. The number of pyridine rings is 2. The van der Waals surface area contributed by atoms with E-state index < -0.39 is 62.7 Å². The molecule has 0 radical (unpaired) electrons. The van der Waals surface area contributed by atoms with Crippen molar-refractivity contribution in [2.75, 3.05) is 18.0 Å². The smallest absolute Gasteiger partial charge is 0.341 e. The summed E-state index contributed by atoms with van der Waals surface area (Å²) in [7, 11) is 0. The lowest BCUT2D eigenvalue weighted by atomic mass is 10.1. The molecule has 0 saturated carbocycles. The number of carboxylic acid groups (broad SMARTS) is 1. The quantitative estimate of drug-likeness (QED) is 0.550. The van der Waals surface area contributed by atoms with E-state index in [0.29, 0.717) is 6.07 Å². The number of hydrogen-bond donors (Lipinski definition) is 3. The number of hydrogen-bond acceptors (Lipinski definition) is 6. The first-order valence-electron chi connectivity index (χ1n) is 8.83. The number of rotatable bonds is 3. The molecule has 162 valence electrons. The van der Waals surface area contributed by atoms with Crippen molar-refractivity contribution in [1.82, 2.24) is 9.55 Å². The van der Waals surface area contributed by atoms with Crippen molar-refractivity contribution in [3.05, 3.63) is 62.7 Å². The second-order valence-electron chi connectivity index (χ2n) is 6.97. The van der Waals surface area contributed by atoms with Gasteiger partial charge in [-0.2, -0.15) is 0 Å². The number of β-amino-alcohol motifs (C(OH)–C–C–N with tert-alkyl or cyclic N) is 2. The summed E-state index contributed by atoms with van der Waals surface area (Å²) >= 11 is 5.97. The Balaban J connectivity index is 2.07. The molecule has 1 aromatic carbocycles. The van der Waals surface area contributed by atoms with Crippen LogP contribution in [0.4, 0.5) is 19.0 Å². The van der Waals surface area contributed by atoms with Gasteiger partial charge in [-0.3, -0.25) is 9.36 Å². The maximum absolute atomic E-state index is 14.8. The molecule has 0 unspecified atom stereocenters. The second-order valence-corrected chi connectivity index (χ2v) is 7.38. The van der Waals surface area contributed by atoms with Gasteiger partial charge in [-0.25, -0.2) is 22.9 Å². The van der Waals surface area contributed by atoms with Gasteiger partial charge < -0.3 is 20.2 Å². The Bertz CT molecular complexity index is 1270. The summed E-state index contributed by atoms with van der Waals surface area (Å²) in [6.07, 6.45) is -1.58. The third-order valence-corrected chi connectivity index (χ3v) is 5.21. The zero-order valence-corrected chi connectivity index (χ0v) is 16.1. The number of anilines is 1. The number of fused-ring (bicyclic) bond motifs is 1. The fourth-order valence-electron chi connectivity index (χ4n) is 3.47. The Morgan fingerprint density at radius 3 is 2.32 bits per heavy atom. The van der Waals surface area contributed by atoms with Crippen molar-refractivity contribution in [2.24, 2.45) is 0 Å². The average Bonchev–Trinajstić information content (AvgIpc) is 3.00. The third-order valence-electron chi connectivity index (χ3n) is 4.92. The van der Waals surface area contributed by atoms with E-state index >= 15 is 0 Å². The highest BCUT2D eigenvalue weighted by Gasteiger charge is 2.32. The number of aromatic nitrogens is 2. The van der Waals surface area contributed by atoms with Crippen molar-refractivity contribution < 1.29 is 33.3 Å². The largest absolute Gasteiger partial charge is 0.477 e. The van der Waals surface area contributed by atoms with Crippen molar-refractivity contribution in [3.63, 3.8) is 0 Å². The molecule has 2 atom stereocenters. The summed E-state index contributed by atoms with van der Waals surface area (Å²) in [5, 5.41) is 27.9. The minimum atomic E-state index is -1.66. The standard InChI is InChI=1S/C19H13ClF3N3O5/c20-10-1-7(21)2-11(22)15(10)26-4-9(19(30)31)16(29)8-3-12(23)18(24-17(8)26)25-5-13(27)14(28)6-25/h1-4,13-14,27-28H,5-6H2,(H,30,31)/t13-,14-/m1/s1. The van der Waals surface area contributed by atoms with E-state index in [1.54, 1.807) is 0 Å². The molecule has 3 heterocycles. The molecule has 31 heavy (non-hydrogen) atoms. The first-order valence-corrected chi connectivity index (χ1v) is 9.21. The fourth-order valence-corrected chi connectivity index (χ4v) is 3.75. The number of carbonyl (C=O) groups is 1. The maximum atomic E-state index is 14.8. The summed E-state index contributed by atoms with van der Waals surface area (Å²) in [5.74, 6) is -5.21. The van der Waals surface area contributed by atoms with Crippen LogP contribution in [-0.2, 0) is 0 Å². The van der Waals surface area contributed by atoms with Gasteiger partial charge in [-0.1, -0.05) is 11.6 Å². The molecule has 0 aliphatic carbocycles. The molecular weight excluding hydrogens is 443 g/mol. The number of carboxylic acids is 1. The van der Waals surface area contributed by atoms with E-state index in [9.17, 15) is 38.1 Å². The van der Waals surface area contributed by atoms with Crippen molar-refractivity contribution in [2.45, 2.75) is 12.2 Å². The molecule has 1 aliphatic heterocycles. The first-order chi connectivity index (χ1) is 14.6. The Morgan fingerprint density at radius 2 is 1.74 bits per heavy atom. The number of nitrogens with zero attached hydrogens (tertiary/aromatic N) is 3. The van der Waals surface area contributed by atoms with Crippen LogP contribution in [0.15, 0.2) is 29.2 Å². The van der Waals surface area contributed by atoms with Crippen molar-refractivity contribution >= 4 is 34.4 Å². The number of benzene rings is 1. The maximum Gasteiger partial charge on any atom is 0.341 e. The van der Waals surface area contributed by atoms with Crippen molar-refractivity contribution in [1.29, 1.82) is 0 Å². The SMILES string of the molecule is O=C(O)c1cn(-c2c(F)cc(F)cc2Cl)c2nc(N3C[C@@H](O)[C@H](O)C3)c(F)cc2c1=O. The molecule has 1 aliphatic rings. The van der Waals surface area contributed by atoms with E-state index in [2.05, 4.69) is 4.98 Å². The van der Waals surface area contributed by atoms with E-state index in [4.69, 9.17) is 11.6 Å². The summed E-state index contributed by atoms with van der Waals surface area (Å²) < 4.78 is 43.7. The molecule has 0 amide bonds. The first kappa shape index (κ1) is 21.1. The highest BCUT2D eigenvalue weighted by molar-refractivity contribution is 6.32. The van der Waals surface area contributed by atoms with Gasteiger partial charge in [0.15, 0.2) is 23.1 Å². The van der Waals surface area contributed by atoms with Crippen LogP contribution < -0.4 is 10.3 Å². The minimum Gasteiger partial charge on any atom is -0.477 e. The lowest BCUT2D eigenvalue weighted by molar-refractivity contribution is 0.0572. The minimum absolute atomic E-state index is 0.167. The van der Waals surface area contributed by atoms with Crippen LogP contribution in [0, 0.1) is 17.5 Å². The molecule has 8 nitrogen and oxygen atoms in total. The van der Waals surface area contributed by atoms with Crippen LogP contribution in [0.1, 0.15) is 10.4 Å². The second kappa shape index (κ2) is 7.52. The van der Waals surface area contributed by atoms with Gasteiger partial charge in [0.2, 0.25) is 5.43 Å². The van der Waals surface area contributed by atoms with Gasteiger partial charge in [0.25, 0.3) is 0 Å². The summed E-state index contributed by atoms with van der Waals surface area (Å²) in [5.41, 5.74) is -2.73. The van der Waals surface area contributed by atoms with Gasteiger partial charge in [0, 0.05) is 25.4 Å². The fraction of sp³-hybridized carbons (Fsp3) is 0.211. The van der Waals surface area contributed by atoms with Crippen LogP contribution in [-0.4, -0.2) is 56.1 Å². The van der Waals surface area contributed by atoms with Crippen LogP contribution in [0.3, 0.4) is 0 Å². The molecule has 12 heteroatoms. The van der Waals surface area contributed by atoms with Crippen molar-refractivity contribution in [3.8, 4) is 5.69 Å². The normalized spacial score (nSPS) is 18.7. The van der Waals surface area contributed by atoms with E-state index in [1.165, 1.54) is 4.90 Å². The van der Waals surface area contributed by atoms with E-state index in [-0.39, 0.29) is 24.6 Å². The Kier molecular flexibility index (Phi) is 5.12. The predicted octanol–water partition coefficient (Wildman–Crippen LogP) is 1.70. The molecule has 1 saturated heterocycles. The highest BCUT2D eigenvalue weighted by atomic mass is 35.5.